The minimum atomic E-state index is 0.139. The summed E-state index contributed by atoms with van der Waals surface area (Å²) in [4.78, 5) is 4.09. The first kappa shape index (κ1) is 16.5. The third-order valence-corrected chi connectivity index (χ3v) is 3.02. The van der Waals surface area contributed by atoms with Gasteiger partial charge in [-0.05, 0) is 0 Å². The molecular formula is C16H15ClN4O2. The van der Waals surface area contributed by atoms with Crippen LogP contribution in [0, 0.1) is 0 Å². The molecule has 23 heavy (non-hydrogen) atoms. The minimum Gasteiger partial charge on any atom is -0.409 e. The SMILES string of the molecule is ClCc1nc(-c2ccccc2)no1.NC(=NO)c1ccccc1. The standard InChI is InChI=1S/C9H7ClN2O.C7H8N2O/c10-6-8-11-9(12-13-8)7-4-2-1-3-5-7;8-7(9-10)6-4-2-1-3-5-6/h1-5H,6H2;1-5,10H,(H2,8,9). The number of rotatable bonds is 3. The van der Waals surface area contributed by atoms with Crippen LogP contribution in [0.4, 0.5) is 0 Å². The summed E-state index contributed by atoms with van der Waals surface area (Å²) in [6.45, 7) is 0. The van der Waals surface area contributed by atoms with Crippen LogP contribution in [-0.4, -0.2) is 21.2 Å². The lowest BCUT2D eigenvalue weighted by molar-refractivity contribution is 0.318. The lowest BCUT2D eigenvalue weighted by Crippen LogP contribution is -2.12. The van der Waals surface area contributed by atoms with E-state index in [-0.39, 0.29) is 11.7 Å². The van der Waals surface area contributed by atoms with Crippen LogP contribution < -0.4 is 5.73 Å². The molecule has 0 aliphatic heterocycles. The number of hydrogen-bond acceptors (Lipinski definition) is 5. The van der Waals surface area contributed by atoms with Gasteiger partial charge in [0.05, 0.1) is 0 Å². The van der Waals surface area contributed by atoms with Gasteiger partial charge in [-0.15, -0.1) is 11.6 Å². The number of amidine groups is 1. The fraction of sp³-hybridized carbons (Fsp3) is 0.0625. The van der Waals surface area contributed by atoms with Gasteiger partial charge in [-0.25, -0.2) is 0 Å². The Balaban J connectivity index is 0.000000174. The van der Waals surface area contributed by atoms with E-state index >= 15 is 0 Å². The van der Waals surface area contributed by atoms with Gasteiger partial charge in [-0.1, -0.05) is 71.0 Å². The number of alkyl halides is 1. The van der Waals surface area contributed by atoms with Crippen molar-refractivity contribution in [2.45, 2.75) is 5.88 Å². The summed E-state index contributed by atoms with van der Waals surface area (Å²) >= 11 is 5.53. The molecule has 3 rings (SSSR count). The van der Waals surface area contributed by atoms with Crippen molar-refractivity contribution in [2.24, 2.45) is 10.9 Å². The van der Waals surface area contributed by atoms with Crippen molar-refractivity contribution in [1.29, 1.82) is 0 Å². The second kappa shape index (κ2) is 8.55. The predicted octanol–water partition coefficient (Wildman–Crippen LogP) is 3.26. The molecule has 0 fully saturated rings. The van der Waals surface area contributed by atoms with E-state index in [4.69, 9.17) is 27.1 Å². The van der Waals surface area contributed by atoms with E-state index in [9.17, 15) is 0 Å². The number of halogens is 1. The zero-order valence-corrected chi connectivity index (χ0v) is 12.9. The van der Waals surface area contributed by atoms with E-state index in [1.165, 1.54) is 0 Å². The molecule has 0 saturated heterocycles. The van der Waals surface area contributed by atoms with Gasteiger partial charge in [-0.2, -0.15) is 4.98 Å². The lowest BCUT2D eigenvalue weighted by atomic mass is 10.2. The minimum absolute atomic E-state index is 0.139. The quantitative estimate of drug-likeness (QED) is 0.252. The van der Waals surface area contributed by atoms with Crippen molar-refractivity contribution in [1.82, 2.24) is 10.1 Å². The molecule has 0 amide bonds. The van der Waals surface area contributed by atoms with Crippen LogP contribution in [0.25, 0.3) is 11.4 Å². The fourth-order valence-electron chi connectivity index (χ4n) is 1.68. The Morgan fingerprint density at radius 2 is 1.70 bits per heavy atom. The van der Waals surface area contributed by atoms with E-state index in [0.717, 1.165) is 11.1 Å². The van der Waals surface area contributed by atoms with Gasteiger partial charge < -0.3 is 15.5 Å². The molecule has 2 aromatic carbocycles. The summed E-state index contributed by atoms with van der Waals surface area (Å²) in [5.41, 5.74) is 6.95. The third-order valence-electron chi connectivity index (χ3n) is 2.79. The first-order chi connectivity index (χ1) is 11.2. The summed E-state index contributed by atoms with van der Waals surface area (Å²) in [6.07, 6.45) is 0. The van der Waals surface area contributed by atoms with Gasteiger partial charge >= 0.3 is 0 Å². The highest BCUT2D eigenvalue weighted by atomic mass is 35.5. The Bertz CT molecular complexity index is 745. The Kier molecular flexibility index (Phi) is 6.14. The van der Waals surface area contributed by atoms with E-state index in [2.05, 4.69) is 15.3 Å². The summed E-state index contributed by atoms with van der Waals surface area (Å²) in [5.74, 6) is 1.41. The molecule has 0 spiro atoms. The Hall–Kier alpha value is -2.86. The van der Waals surface area contributed by atoms with Crippen molar-refractivity contribution in [3.63, 3.8) is 0 Å². The highest BCUT2D eigenvalue weighted by Gasteiger charge is 2.05. The fourth-order valence-corrected chi connectivity index (χ4v) is 1.79. The number of aromatic nitrogens is 2. The van der Waals surface area contributed by atoms with Crippen molar-refractivity contribution in [2.75, 3.05) is 0 Å². The molecule has 7 heteroatoms. The largest absolute Gasteiger partial charge is 0.409 e. The van der Waals surface area contributed by atoms with Crippen LogP contribution in [0.3, 0.4) is 0 Å². The Morgan fingerprint density at radius 1 is 1.09 bits per heavy atom. The zero-order valence-electron chi connectivity index (χ0n) is 12.1. The van der Waals surface area contributed by atoms with E-state index in [1.807, 2.05) is 48.5 Å². The molecule has 3 N–H and O–H groups in total. The maximum Gasteiger partial charge on any atom is 0.241 e. The molecule has 0 atom stereocenters. The molecule has 1 heterocycles. The molecule has 0 bridgehead atoms. The first-order valence-electron chi connectivity index (χ1n) is 6.71. The third kappa shape index (κ3) is 4.82. The molecule has 6 nitrogen and oxygen atoms in total. The van der Waals surface area contributed by atoms with Gasteiger partial charge in [0.25, 0.3) is 0 Å². The number of oxime groups is 1. The summed E-state index contributed by atoms with van der Waals surface area (Å²) in [6, 6.07) is 18.7. The van der Waals surface area contributed by atoms with Crippen molar-refractivity contribution in [3.8, 4) is 11.4 Å². The van der Waals surface area contributed by atoms with Gasteiger partial charge in [0, 0.05) is 11.1 Å². The highest BCUT2D eigenvalue weighted by Crippen LogP contribution is 2.15. The molecule has 0 aliphatic rings. The van der Waals surface area contributed by atoms with Crippen LogP contribution in [0.2, 0.25) is 0 Å². The number of benzene rings is 2. The topological polar surface area (TPSA) is 97.5 Å². The molecule has 0 saturated carbocycles. The highest BCUT2D eigenvalue weighted by molar-refractivity contribution is 6.16. The maximum atomic E-state index is 8.25. The molecular weight excluding hydrogens is 316 g/mol. The Morgan fingerprint density at radius 3 is 2.22 bits per heavy atom. The second-order valence-corrected chi connectivity index (χ2v) is 4.63. The second-order valence-electron chi connectivity index (χ2n) is 4.36. The smallest absolute Gasteiger partial charge is 0.241 e. The van der Waals surface area contributed by atoms with E-state index < -0.39 is 0 Å². The summed E-state index contributed by atoms with van der Waals surface area (Å²) < 4.78 is 4.88. The summed E-state index contributed by atoms with van der Waals surface area (Å²) in [7, 11) is 0. The molecule has 0 radical (unpaired) electrons. The molecule has 0 unspecified atom stereocenters. The molecule has 0 aliphatic carbocycles. The summed E-state index contributed by atoms with van der Waals surface area (Å²) in [5, 5.41) is 14.9. The number of nitrogens with zero attached hydrogens (tertiary/aromatic N) is 3. The molecule has 3 aromatic rings. The predicted molar refractivity (Wildman–Crippen MR) is 88.2 cm³/mol. The van der Waals surface area contributed by atoms with Gasteiger partial charge in [0.1, 0.15) is 5.88 Å². The average Bonchev–Trinajstić information content (AvgIpc) is 3.12. The van der Waals surface area contributed by atoms with E-state index in [0.29, 0.717) is 11.7 Å². The molecule has 1 aromatic heterocycles. The normalized spacial score (nSPS) is 10.7. The average molecular weight is 331 g/mol. The zero-order chi connectivity index (χ0) is 16.5. The van der Waals surface area contributed by atoms with Crippen LogP contribution in [0.15, 0.2) is 70.3 Å². The number of nitrogens with two attached hydrogens (primary N) is 1. The van der Waals surface area contributed by atoms with Crippen molar-refractivity contribution in [3.05, 3.63) is 72.1 Å². The van der Waals surface area contributed by atoms with Crippen molar-refractivity contribution < 1.29 is 9.73 Å². The van der Waals surface area contributed by atoms with E-state index in [1.54, 1.807) is 12.1 Å². The van der Waals surface area contributed by atoms with Crippen LogP contribution >= 0.6 is 11.6 Å². The van der Waals surface area contributed by atoms with Gasteiger partial charge in [-0.3, -0.25) is 0 Å². The first-order valence-corrected chi connectivity index (χ1v) is 7.25. The number of hydrogen-bond donors (Lipinski definition) is 2. The van der Waals surface area contributed by atoms with Crippen molar-refractivity contribution >= 4 is 17.4 Å². The monoisotopic (exact) mass is 330 g/mol. The lowest BCUT2D eigenvalue weighted by Gasteiger charge is -1.94. The maximum absolute atomic E-state index is 8.25. The van der Waals surface area contributed by atoms with Crippen LogP contribution in [0.5, 0.6) is 0 Å². The molecule has 118 valence electrons. The Labute approximate surface area is 138 Å². The van der Waals surface area contributed by atoms with Gasteiger partial charge in [0.15, 0.2) is 5.84 Å². The van der Waals surface area contributed by atoms with Gasteiger partial charge in [0.2, 0.25) is 11.7 Å². The van der Waals surface area contributed by atoms with Crippen LogP contribution in [-0.2, 0) is 5.88 Å². The van der Waals surface area contributed by atoms with Crippen LogP contribution in [0.1, 0.15) is 11.5 Å².